The van der Waals surface area contributed by atoms with Crippen LogP contribution in [0.15, 0.2) is 12.3 Å². The van der Waals surface area contributed by atoms with Crippen molar-refractivity contribution >= 4 is 16.9 Å². The molecule has 0 aliphatic heterocycles. The molecule has 1 aromatic heterocycles. The summed E-state index contributed by atoms with van der Waals surface area (Å²) >= 11 is 0. The van der Waals surface area contributed by atoms with Gasteiger partial charge in [-0.25, -0.2) is 4.79 Å². The molecule has 0 radical (unpaired) electrons. The number of aromatic nitrogens is 1. The lowest BCUT2D eigenvalue weighted by Gasteiger charge is -2.11. The van der Waals surface area contributed by atoms with Gasteiger partial charge in [-0.15, -0.1) is 0 Å². The monoisotopic (exact) mass is 301 g/mol. The van der Waals surface area contributed by atoms with E-state index in [1.807, 2.05) is 19.9 Å². The largest absolute Gasteiger partial charge is 0.478 e. The fourth-order valence-corrected chi connectivity index (χ4v) is 3.27. The molecule has 0 spiro atoms. The Kier molecular flexibility index (Phi) is 5.28. The lowest BCUT2D eigenvalue weighted by atomic mass is 9.96. The van der Waals surface area contributed by atoms with E-state index >= 15 is 0 Å². The molecular formula is C19H27NO2. The number of carbonyl (C=O) groups is 1. The van der Waals surface area contributed by atoms with Crippen LogP contribution < -0.4 is 0 Å². The van der Waals surface area contributed by atoms with Gasteiger partial charge in [-0.1, -0.05) is 26.7 Å². The molecule has 3 heteroatoms. The van der Waals surface area contributed by atoms with E-state index in [1.54, 1.807) is 0 Å². The number of nitrogens with zero attached hydrogens (tertiary/aromatic N) is 1. The summed E-state index contributed by atoms with van der Waals surface area (Å²) in [5, 5.41) is 10.6. The van der Waals surface area contributed by atoms with Crippen LogP contribution >= 0.6 is 0 Å². The summed E-state index contributed by atoms with van der Waals surface area (Å²) in [6.07, 6.45) is 7.88. The third-order valence-electron chi connectivity index (χ3n) is 4.45. The molecular weight excluding hydrogens is 274 g/mol. The third-order valence-corrected chi connectivity index (χ3v) is 4.45. The molecule has 1 aromatic carbocycles. The SMILES string of the molecule is CCCCc1cn(CCCC)c2c(C)cc(C(=O)O)c(C)c12. The molecule has 0 fully saturated rings. The molecule has 0 saturated heterocycles. The molecule has 2 rings (SSSR count). The molecule has 0 aliphatic rings. The summed E-state index contributed by atoms with van der Waals surface area (Å²) in [6.45, 7) is 9.37. The van der Waals surface area contributed by atoms with Gasteiger partial charge in [-0.3, -0.25) is 0 Å². The number of fused-ring (bicyclic) bond motifs is 1. The van der Waals surface area contributed by atoms with Gasteiger partial charge in [0, 0.05) is 18.1 Å². The van der Waals surface area contributed by atoms with Crippen molar-refractivity contribution in [3.8, 4) is 0 Å². The first kappa shape index (κ1) is 16.6. The average molecular weight is 301 g/mol. The Hall–Kier alpha value is -1.77. The minimum Gasteiger partial charge on any atom is -0.478 e. The topological polar surface area (TPSA) is 42.2 Å². The molecule has 1 heterocycles. The molecule has 0 aliphatic carbocycles. The highest BCUT2D eigenvalue weighted by atomic mass is 16.4. The third kappa shape index (κ3) is 3.03. The second-order valence-corrected chi connectivity index (χ2v) is 6.20. The average Bonchev–Trinajstić information content (AvgIpc) is 2.85. The van der Waals surface area contributed by atoms with Crippen LogP contribution in [0.3, 0.4) is 0 Å². The molecule has 0 saturated carbocycles. The zero-order chi connectivity index (χ0) is 16.3. The van der Waals surface area contributed by atoms with Crippen LogP contribution in [0.1, 0.15) is 66.6 Å². The molecule has 120 valence electrons. The van der Waals surface area contributed by atoms with Gasteiger partial charge in [0.1, 0.15) is 0 Å². The number of aryl methyl sites for hydroxylation is 4. The van der Waals surface area contributed by atoms with Crippen LogP contribution in [0.25, 0.3) is 10.9 Å². The van der Waals surface area contributed by atoms with Gasteiger partial charge in [0.05, 0.1) is 11.1 Å². The fraction of sp³-hybridized carbons (Fsp3) is 0.526. The van der Waals surface area contributed by atoms with E-state index < -0.39 is 5.97 Å². The van der Waals surface area contributed by atoms with E-state index in [0.717, 1.165) is 49.8 Å². The van der Waals surface area contributed by atoms with E-state index in [9.17, 15) is 9.90 Å². The first-order valence-corrected chi connectivity index (χ1v) is 8.36. The van der Waals surface area contributed by atoms with Crippen LogP contribution in [0, 0.1) is 13.8 Å². The standard InChI is InChI=1S/C19H27NO2/c1-5-7-9-15-12-20(10-8-6-2)18-13(3)11-16(19(21)22)14(4)17(15)18/h11-12H,5-10H2,1-4H3,(H,21,22). The molecule has 2 aromatic rings. The van der Waals surface area contributed by atoms with Crippen LogP contribution in [0.5, 0.6) is 0 Å². The highest BCUT2D eigenvalue weighted by molar-refractivity contribution is 5.99. The maximum Gasteiger partial charge on any atom is 0.335 e. The number of aromatic carboxylic acids is 1. The van der Waals surface area contributed by atoms with Crippen molar-refractivity contribution in [2.24, 2.45) is 0 Å². The lowest BCUT2D eigenvalue weighted by Crippen LogP contribution is -2.03. The van der Waals surface area contributed by atoms with E-state index in [2.05, 4.69) is 24.6 Å². The second-order valence-electron chi connectivity index (χ2n) is 6.20. The predicted octanol–water partition coefficient (Wildman–Crippen LogP) is 5.10. The van der Waals surface area contributed by atoms with E-state index in [0.29, 0.717) is 5.56 Å². The summed E-state index contributed by atoms with van der Waals surface area (Å²) in [7, 11) is 0. The van der Waals surface area contributed by atoms with Gasteiger partial charge < -0.3 is 9.67 Å². The van der Waals surface area contributed by atoms with Crippen LogP contribution in [0.2, 0.25) is 0 Å². The zero-order valence-electron chi connectivity index (χ0n) is 14.2. The number of carboxylic acids is 1. The molecule has 0 bridgehead atoms. The summed E-state index contributed by atoms with van der Waals surface area (Å²) in [5.74, 6) is -0.828. The Labute approximate surface area is 133 Å². The van der Waals surface area contributed by atoms with E-state index in [-0.39, 0.29) is 0 Å². The van der Waals surface area contributed by atoms with Gasteiger partial charge in [0.25, 0.3) is 0 Å². The first-order valence-electron chi connectivity index (χ1n) is 8.36. The lowest BCUT2D eigenvalue weighted by molar-refractivity contribution is 0.0696. The van der Waals surface area contributed by atoms with Gasteiger partial charge >= 0.3 is 5.97 Å². The number of carboxylic acid groups (broad SMARTS) is 1. The van der Waals surface area contributed by atoms with E-state index in [1.165, 1.54) is 16.5 Å². The number of benzene rings is 1. The highest BCUT2D eigenvalue weighted by Gasteiger charge is 2.18. The van der Waals surface area contributed by atoms with Gasteiger partial charge in [0.15, 0.2) is 0 Å². The maximum atomic E-state index is 11.5. The molecule has 1 N–H and O–H groups in total. The summed E-state index contributed by atoms with van der Waals surface area (Å²) in [4.78, 5) is 11.5. The van der Waals surface area contributed by atoms with Crippen molar-refractivity contribution < 1.29 is 9.90 Å². The Morgan fingerprint density at radius 3 is 2.45 bits per heavy atom. The Morgan fingerprint density at radius 1 is 1.18 bits per heavy atom. The molecule has 0 atom stereocenters. The maximum absolute atomic E-state index is 11.5. The van der Waals surface area contributed by atoms with Crippen molar-refractivity contribution in [2.75, 3.05) is 0 Å². The molecule has 0 amide bonds. The quantitative estimate of drug-likeness (QED) is 0.773. The number of hydrogen-bond acceptors (Lipinski definition) is 1. The highest BCUT2D eigenvalue weighted by Crippen LogP contribution is 2.31. The van der Waals surface area contributed by atoms with Crippen molar-refractivity contribution in [3.05, 3.63) is 34.5 Å². The van der Waals surface area contributed by atoms with Crippen LogP contribution in [-0.2, 0) is 13.0 Å². The predicted molar refractivity (Wildman–Crippen MR) is 91.9 cm³/mol. The molecule has 3 nitrogen and oxygen atoms in total. The van der Waals surface area contributed by atoms with Crippen molar-refractivity contribution in [1.29, 1.82) is 0 Å². The normalized spacial score (nSPS) is 11.3. The van der Waals surface area contributed by atoms with Gasteiger partial charge in [-0.2, -0.15) is 0 Å². The fourth-order valence-electron chi connectivity index (χ4n) is 3.27. The first-order chi connectivity index (χ1) is 10.5. The smallest absolute Gasteiger partial charge is 0.335 e. The number of hydrogen-bond donors (Lipinski definition) is 1. The van der Waals surface area contributed by atoms with Gasteiger partial charge in [0.2, 0.25) is 0 Å². The number of unbranched alkanes of at least 4 members (excludes halogenated alkanes) is 2. The Morgan fingerprint density at radius 2 is 1.86 bits per heavy atom. The Bertz CT molecular complexity index is 683. The van der Waals surface area contributed by atoms with Gasteiger partial charge in [-0.05, 0) is 55.9 Å². The van der Waals surface area contributed by atoms with Crippen molar-refractivity contribution in [2.45, 2.75) is 66.3 Å². The minimum absolute atomic E-state index is 0.441. The second kappa shape index (κ2) is 6.99. The Balaban J connectivity index is 2.68. The van der Waals surface area contributed by atoms with Crippen LogP contribution in [0.4, 0.5) is 0 Å². The molecule has 0 unspecified atom stereocenters. The summed E-state index contributed by atoms with van der Waals surface area (Å²) in [5.41, 5.74) is 4.95. The van der Waals surface area contributed by atoms with Crippen molar-refractivity contribution in [3.63, 3.8) is 0 Å². The number of rotatable bonds is 7. The summed E-state index contributed by atoms with van der Waals surface area (Å²) < 4.78 is 2.33. The molecule has 22 heavy (non-hydrogen) atoms. The van der Waals surface area contributed by atoms with E-state index in [4.69, 9.17) is 0 Å². The summed E-state index contributed by atoms with van der Waals surface area (Å²) in [6, 6.07) is 1.83. The van der Waals surface area contributed by atoms with Crippen molar-refractivity contribution in [1.82, 2.24) is 4.57 Å². The zero-order valence-corrected chi connectivity index (χ0v) is 14.2. The van der Waals surface area contributed by atoms with Crippen LogP contribution in [-0.4, -0.2) is 15.6 Å². The minimum atomic E-state index is -0.828.